The molecule has 0 aliphatic carbocycles. The third-order valence-corrected chi connectivity index (χ3v) is 5.70. The lowest BCUT2D eigenvalue weighted by Crippen LogP contribution is -2.39. The second-order valence-corrected chi connectivity index (χ2v) is 8.51. The second kappa shape index (κ2) is 12.6. The van der Waals surface area contributed by atoms with Gasteiger partial charge in [0.15, 0.2) is 6.23 Å². The summed E-state index contributed by atoms with van der Waals surface area (Å²) < 4.78 is 85.0. The number of ether oxygens (including phenoxy) is 2. The molecule has 0 N–H and O–H groups in total. The highest BCUT2D eigenvalue weighted by Gasteiger charge is 2.77. The summed E-state index contributed by atoms with van der Waals surface area (Å²) in [6, 6.07) is 4.15. The van der Waals surface area contributed by atoms with E-state index in [-0.39, 0.29) is 18.6 Å². The molecule has 3 heterocycles. The van der Waals surface area contributed by atoms with Crippen LogP contribution >= 0.6 is 0 Å². The number of hydrogen-bond acceptors (Lipinski definition) is 7. The molecule has 0 amide bonds. The Morgan fingerprint density at radius 1 is 1.27 bits per heavy atom. The summed E-state index contributed by atoms with van der Waals surface area (Å²) in [5.74, 6) is -1.45. The van der Waals surface area contributed by atoms with Gasteiger partial charge in [0.2, 0.25) is 5.60 Å². The fourth-order valence-corrected chi connectivity index (χ4v) is 3.66. The maximum Gasteiger partial charge on any atom is 0.326 e. The number of alkyl halides is 2. The number of halogens is 5. The molecule has 1 aliphatic rings. The van der Waals surface area contributed by atoms with Gasteiger partial charge in [-0.05, 0) is 48.9 Å². The van der Waals surface area contributed by atoms with Crippen molar-refractivity contribution in [3.63, 3.8) is 0 Å². The van der Waals surface area contributed by atoms with E-state index < -0.39 is 52.6 Å². The molecule has 3 rings (SSSR count). The fourth-order valence-electron chi connectivity index (χ4n) is 3.66. The summed E-state index contributed by atoms with van der Waals surface area (Å²) >= 11 is 0. The van der Waals surface area contributed by atoms with Crippen LogP contribution < -0.4 is 0 Å². The van der Waals surface area contributed by atoms with E-state index in [0.29, 0.717) is 5.57 Å². The van der Waals surface area contributed by atoms with Crippen LogP contribution in [0.3, 0.4) is 0 Å². The molecule has 0 radical (unpaired) electrons. The van der Waals surface area contributed by atoms with Crippen molar-refractivity contribution >= 4 is 0 Å². The van der Waals surface area contributed by atoms with E-state index in [0.717, 1.165) is 42.3 Å². The third-order valence-electron chi connectivity index (χ3n) is 5.70. The summed E-state index contributed by atoms with van der Waals surface area (Å²) in [5, 5.41) is 19.1. The molecular weight excluding hydrogens is 535 g/mol. The second-order valence-electron chi connectivity index (χ2n) is 8.51. The SMILES string of the molecule is C=C(F)/C=C\C(=C(/C)F)C1(C(F)(F)c2ccc(C#CCOC(C/C=C(\C)C#N)C(=C)F)cn2)OC1n1cnnn1. The number of epoxide rings is 1. The van der Waals surface area contributed by atoms with Crippen LogP contribution in [0.5, 0.6) is 0 Å². The molecule has 0 spiro atoms. The Balaban J connectivity index is 1.83. The minimum atomic E-state index is -3.95. The number of nitrogens with zero attached hydrogens (tertiary/aromatic N) is 6. The van der Waals surface area contributed by atoms with E-state index in [1.54, 1.807) is 6.92 Å². The molecular formula is C27H23F5N6O2. The van der Waals surface area contributed by atoms with Crippen molar-refractivity contribution in [2.75, 3.05) is 6.61 Å². The Bertz CT molecular complexity index is 1440. The predicted molar refractivity (Wildman–Crippen MR) is 133 cm³/mol. The molecule has 2 aromatic rings. The first-order valence-corrected chi connectivity index (χ1v) is 11.6. The van der Waals surface area contributed by atoms with Gasteiger partial charge in [-0.3, -0.25) is 4.98 Å². The predicted octanol–water partition coefficient (Wildman–Crippen LogP) is 5.49. The van der Waals surface area contributed by atoms with E-state index in [1.165, 1.54) is 12.1 Å². The van der Waals surface area contributed by atoms with E-state index in [1.807, 2.05) is 6.07 Å². The van der Waals surface area contributed by atoms with Crippen molar-refractivity contribution in [2.24, 2.45) is 0 Å². The first kappa shape index (κ1) is 30.1. The topological polar surface area (TPSA) is 102 Å². The highest BCUT2D eigenvalue weighted by Crippen LogP contribution is 2.63. The number of nitriles is 1. The van der Waals surface area contributed by atoms with Crippen molar-refractivity contribution < 1.29 is 31.4 Å². The minimum Gasteiger partial charge on any atom is -0.358 e. The third kappa shape index (κ3) is 6.57. The quantitative estimate of drug-likeness (QED) is 0.118. The molecule has 40 heavy (non-hydrogen) atoms. The van der Waals surface area contributed by atoms with Gasteiger partial charge in [0.25, 0.3) is 0 Å². The number of pyridine rings is 1. The van der Waals surface area contributed by atoms with Crippen LogP contribution in [0.2, 0.25) is 0 Å². The maximum absolute atomic E-state index is 16.0. The molecule has 0 aromatic carbocycles. The Kier molecular flexibility index (Phi) is 9.47. The highest BCUT2D eigenvalue weighted by molar-refractivity contribution is 5.44. The summed E-state index contributed by atoms with van der Waals surface area (Å²) in [6.07, 6.45) is 2.67. The first-order chi connectivity index (χ1) is 18.9. The number of rotatable bonds is 11. The van der Waals surface area contributed by atoms with Crippen LogP contribution in [0.25, 0.3) is 0 Å². The van der Waals surface area contributed by atoms with Crippen molar-refractivity contribution in [1.29, 1.82) is 5.26 Å². The highest BCUT2D eigenvalue weighted by atomic mass is 19.3. The maximum atomic E-state index is 16.0. The van der Waals surface area contributed by atoms with Crippen molar-refractivity contribution in [3.05, 3.63) is 95.9 Å². The van der Waals surface area contributed by atoms with Gasteiger partial charge >= 0.3 is 5.92 Å². The van der Waals surface area contributed by atoms with Crippen LogP contribution in [0.4, 0.5) is 22.0 Å². The Labute approximate surface area is 226 Å². The summed E-state index contributed by atoms with van der Waals surface area (Å²) in [7, 11) is 0. The molecule has 1 fully saturated rings. The van der Waals surface area contributed by atoms with Crippen molar-refractivity contribution in [2.45, 2.75) is 44.1 Å². The van der Waals surface area contributed by atoms with Gasteiger partial charge in [0, 0.05) is 22.9 Å². The minimum absolute atomic E-state index is 0.0840. The van der Waals surface area contributed by atoms with Gasteiger partial charge in [-0.2, -0.15) is 14.0 Å². The van der Waals surface area contributed by atoms with E-state index >= 15 is 8.78 Å². The van der Waals surface area contributed by atoms with Crippen molar-refractivity contribution in [1.82, 2.24) is 25.2 Å². The molecule has 208 valence electrons. The Morgan fingerprint density at radius 2 is 2.02 bits per heavy atom. The molecule has 2 aromatic heterocycles. The lowest BCUT2D eigenvalue weighted by atomic mass is 9.87. The smallest absolute Gasteiger partial charge is 0.326 e. The summed E-state index contributed by atoms with van der Waals surface area (Å²) in [4.78, 5) is 3.80. The molecule has 0 saturated carbocycles. The largest absolute Gasteiger partial charge is 0.358 e. The first-order valence-electron chi connectivity index (χ1n) is 11.6. The lowest BCUT2D eigenvalue weighted by Gasteiger charge is -2.25. The average Bonchev–Trinajstić information content (AvgIpc) is 3.42. The molecule has 0 bridgehead atoms. The van der Waals surface area contributed by atoms with Gasteiger partial charge in [-0.25, -0.2) is 17.9 Å². The zero-order chi connectivity index (χ0) is 29.5. The van der Waals surface area contributed by atoms with Gasteiger partial charge in [0.05, 0.1) is 6.07 Å². The van der Waals surface area contributed by atoms with Gasteiger partial charge in [-0.1, -0.05) is 37.2 Å². The van der Waals surface area contributed by atoms with Crippen LogP contribution in [0, 0.1) is 23.2 Å². The van der Waals surface area contributed by atoms with Crippen molar-refractivity contribution in [3.8, 4) is 17.9 Å². The van der Waals surface area contributed by atoms with E-state index in [4.69, 9.17) is 14.7 Å². The molecule has 1 saturated heterocycles. The molecule has 8 nitrogen and oxygen atoms in total. The Hall–Kier alpha value is -4.46. The van der Waals surface area contributed by atoms with Crippen LogP contribution in [-0.2, 0) is 15.4 Å². The van der Waals surface area contributed by atoms with Crippen LogP contribution in [0.1, 0.15) is 37.8 Å². The molecule has 3 unspecified atom stereocenters. The zero-order valence-corrected chi connectivity index (χ0v) is 21.4. The number of hydrogen-bond donors (Lipinski definition) is 0. The van der Waals surface area contributed by atoms with Gasteiger partial charge in [0.1, 0.15) is 42.2 Å². The number of allylic oxidation sites excluding steroid dienone is 4. The van der Waals surface area contributed by atoms with Gasteiger partial charge < -0.3 is 9.47 Å². The van der Waals surface area contributed by atoms with Gasteiger partial charge in [-0.15, -0.1) is 5.10 Å². The van der Waals surface area contributed by atoms with Crippen LogP contribution in [0.15, 0.2) is 84.7 Å². The lowest BCUT2D eigenvalue weighted by molar-refractivity contribution is -0.0710. The number of aromatic nitrogens is 5. The zero-order valence-electron chi connectivity index (χ0n) is 21.4. The Morgan fingerprint density at radius 3 is 2.58 bits per heavy atom. The summed E-state index contributed by atoms with van der Waals surface area (Å²) in [6.45, 7) is 8.50. The number of tetrazole rings is 1. The van der Waals surface area contributed by atoms with E-state index in [9.17, 15) is 13.2 Å². The summed E-state index contributed by atoms with van der Waals surface area (Å²) in [5.41, 5.74) is -3.47. The van der Waals surface area contributed by atoms with E-state index in [2.05, 4.69) is 45.5 Å². The normalized spacial score (nSPS) is 20.2. The average molecular weight is 559 g/mol. The standard InChI is InChI=1S/C27H23F5N6O2/c1-17(14-33)7-11-23(20(4)30)39-13-5-6-21-9-12-24(34-15-21)27(31,32)26(22(19(3)29)10-8-18(2)28)25(40-26)38-16-35-36-37-38/h7-10,12,15-16,23,25H,2,4,11,13H2,1,3H3/b10-8-,17-7+,22-19-. The monoisotopic (exact) mass is 558 g/mol. The van der Waals surface area contributed by atoms with Crippen LogP contribution in [-0.4, -0.2) is 43.5 Å². The fraction of sp³-hybridized carbons (Fsp3) is 0.296. The molecule has 13 heteroatoms. The molecule has 3 atom stereocenters. The molecule has 1 aliphatic heterocycles.